The zero-order chi connectivity index (χ0) is 40.1. The van der Waals surface area contributed by atoms with Crippen LogP contribution in [0.5, 0.6) is 0 Å². The first-order valence-corrected chi connectivity index (χ1v) is 17.5. The summed E-state index contributed by atoms with van der Waals surface area (Å²) in [5.74, 6) is -1.31. The molecule has 6 N–H and O–H groups in total. The maximum Gasteiger partial charge on any atom is 0.351 e. The van der Waals surface area contributed by atoms with Crippen LogP contribution in [-0.2, 0) is 33.3 Å². The number of nitrogens with zero attached hydrogens (tertiary/aromatic N) is 6. The van der Waals surface area contributed by atoms with E-state index in [1.165, 1.54) is 33.7 Å². The normalized spacial score (nSPS) is 22.9. The third-order valence-corrected chi connectivity index (χ3v) is 9.09. The number of likely N-dealkylation sites (tertiary alicyclic amines) is 2. The summed E-state index contributed by atoms with van der Waals surface area (Å²) in [4.78, 5) is 77.7. The first-order chi connectivity index (χ1) is 26.2. The summed E-state index contributed by atoms with van der Waals surface area (Å²) in [6.45, 7) is 2.32. The second kappa shape index (κ2) is 20.7. The van der Waals surface area contributed by atoms with E-state index in [9.17, 15) is 28.8 Å². The fraction of sp³-hybridized carbons (Fsp3) is 0.625. The van der Waals surface area contributed by atoms with Crippen LogP contribution in [0.2, 0.25) is 0 Å². The molecule has 21 nitrogen and oxygen atoms in total. The Balaban J connectivity index is 0.000000202. The SMILES string of the molecule is Nc1ccn([C@@H]2CO[C@H](CO)O2)c(=O)n1.[B]C(=O)N1CCC(CC(=O)O)CC1.[B]C(=O)N1CCC(CC(=O)OC[C@H]2OC[C@@H](n3ccc(N)nc3=O)O2)CC1. The molecule has 4 saturated heterocycles. The van der Waals surface area contributed by atoms with Crippen LogP contribution in [-0.4, -0.2) is 144 Å². The standard InChI is InChI=1S/C16H21BN4O6.C8H12BNO3.C8H11N3O4/c17-15(23)20-4-1-10(2-5-20)7-13(22)25-9-14-26-8-12(27-14)21-6-3-11(18)19-16(21)24;9-8(13)10-3-1-6(2-4-10)5-7(11)12;9-5-1-2-11(8(13)10-5)6-4-14-7(3-12)15-6/h3,6,10,12,14H,1-2,4-5,7-9H2,(H2,18,19,24);6H,1-5H2,(H,11,12);1-2,6-7,12H,3-4H2,(H2,9,10,13)/t12-,14-;;6-,7-/m0.0/s1. The van der Waals surface area contributed by atoms with Gasteiger partial charge in [0.2, 0.25) is 15.7 Å². The van der Waals surface area contributed by atoms with Crippen LogP contribution in [0.4, 0.5) is 21.2 Å². The number of aliphatic carboxylic acids is 1. The van der Waals surface area contributed by atoms with Gasteiger partial charge in [0.1, 0.15) is 18.2 Å². The van der Waals surface area contributed by atoms with Crippen LogP contribution in [0.3, 0.4) is 0 Å². The fourth-order valence-electron chi connectivity index (χ4n) is 6.07. The second-order valence-electron chi connectivity index (χ2n) is 13.0. The number of nitrogen functional groups attached to an aromatic ring is 2. The summed E-state index contributed by atoms with van der Waals surface area (Å²) in [5, 5.41) is 17.3. The Kier molecular flexibility index (Phi) is 16.2. The number of aromatic nitrogens is 4. The number of carboxylic acids is 1. The van der Waals surface area contributed by atoms with Crippen molar-refractivity contribution in [3.63, 3.8) is 0 Å². The third-order valence-electron chi connectivity index (χ3n) is 9.09. The van der Waals surface area contributed by atoms with Crippen molar-refractivity contribution < 1.29 is 53.1 Å². The van der Waals surface area contributed by atoms with Crippen molar-refractivity contribution in [2.45, 2.75) is 63.6 Å². The van der Waals surface area contributed by atoms with Gasteiger partial charge in [-0.1, -0.05) is 0 Å². The van der Waals surface area contributed by atoms with E-state index in [1.54, 1.807) is 9.80 Å². The smallest absolute Gasteiger partial charge is 0.351 e. The molecule has 4 aliphatic rings. The molecule has 0 bridgehead atoms. The number of carboxylic acid groups (broad SMARTS) is 1. The van der Waals surface area contributed by atoms with E-state index < -0.39 is 54.0 Å². The van der Waals surface area contributed by atoms with Gasteiger partial charge < -0.3 is 55.2 Å². The Hall–Kier alpha value is -4.83. The number of aliphatic hydroxyl groups is 1. The number of hydrogen-bond donors (Lipinski definition) is 4. The molecule has 0 unspecified atom stereocenters. The Morgan fingerprint density at radius 3 is 1.60 bits per heavy atom. The average molecular weight is 770 g/mol. The van der Waals surface area contributed by atoms with Crippen molar-refractivity contribution in [2.24, 2.45) is 11.8 Å². The monoisotopic (exact) mass is 770 g/mol. The minimum atomic E-state index is -0.766. The maximum absolute atomic E-state index is 12.0. The molecule has 0 aliphatic carbocycles. The third kappa shape index (κ3) is 13.5. The summed E-state index contributed by atoms with van der Waals surface area (Å²) < 4.78 is 29.0. The van der Waals surface area contributed by atoms with E-state index in [4.69, 9.17) is 61.1 Å². The van der Waals surface area contributed by atoms with Gasteiger partial charge in [0.25, 0.3) is 0 Å². The maximum atomic E-state index is 12.0. The summed E-state index contributed by atoms with van der Waals surface area (Å²) in [6.07, 6.45) is 3.72. The Morgan fingerprint density at radius 1 is 0.764 bits per heavy atom. The largest absolute Gasteiger partial charge is 0.481 e. The molecule has 2 amide bonds. The molecule has 6 heterocycles. The van der Waals surface area contributed by atoms with E-state index in [0.29, 0.717) is 39.0 Å². The number of nitrogens with two attached hydrogens (primary N) is 2. The summed E-state index contributed by atoms with van der Waals surface area (Å²) in [5.41, 5.74) is 9.76. The average Bonchev–Trinajstić information content (AvgIpc) is 3.82. The van der Waals surface area contributed by atoms with E-state index in [2.05, 4.69) is 9.97 Å². The minimum absolute atomic E-state index is 0.0629. The Morgan fingerprint density at radius 2 is 1.20 bits per heavy atom. The first-order valence-electron chi connectivity index (χ1n) is 17.5. The molecule has 0 aromatic carbocycles. The second-order valence-corrected chi connectivity index (χ2v) is 13.0. The number of anilines is 2. The molecule has 296 valence electrons. The predicted molar refractivity (Wildman–Crippen MR) is 191 cm³/mol. The molecule has 6 rings (SSSR count). The molecule has 0 spiro atoms. The molecule has 4 radical (unpaired) electrons. The van der Waals surface area contributed by atoms with Gasteiger partial charge in [-0.15, -0.1) is 0 Å². The fourth-order valence-corrected chi connectivity index (χ4v) is 6.07. The molecule has 55 heavy (non-hydrogen) atoms. The Labute approximate surface area is 317 Å². The van der Waals surface area contributed by atoms with Gasteiger partial charge in [-0.25, -0.2) is 9.59 Å². The Bertz CT molecular complexity index is 1730. The number of esters is 1. The molecular formula is C32H44B2N8O13. The van der Waals surface area contributed by atoms with Crippen molar-refractivity contribution in [1.82, 2.24) is 28.9 Å². The van der Waals surface area contributed by atoms with E-state index in [0.717, 1.165) is 12.8 Å². The van der Waals surface area contributed by atoms with Crippen molar-refractivity contribution >= 4 is 50.9 Å². The molecule has 4 aliphatic heterocycles. The van der Waals surface area contributed by atoms with Crippen molar-refractivity contribution in [1.29, 1.82) is 0 Å². The van der Waals surface area contributed by atoms with Crippen LogP contribution in [0.15, 0.2) is 34.1 Å². The van der Waals surface area contributed by atoms with Crippen molar-refractivity contribution in [3.8, 4) is 0 Å². The number of hydrogen-bond acceptors (Lipinski definition) is 16. The summed E-state index contributed by atoms with van der Waals surface area (Å²) >= 11 is 0. The molecular weight excluding hydrogens is 726 g/mol. The van der Waals surface area contributed by atoms with Gasteiger partial charge in [-0.2, -0.15) is 9.97 Å². The van der Waals surface area contributed by atoms with Crippen LogP contribution < -0.4 is 22.8 Å². The number of carbonyl (C=O) groups is 4. The highest BCUT2D eigenvalue weighted by Gasteiger charge is 2.31. The molecule has 2 aromatic heterocycles. The zero-order valence-corrected chi connectivity index (χ0v) is 30.1. The highest BCUT2D eigenvalue weighted by molar-refractivity contribution is 6.57. The molecule has 4 fully saturated rings. The highest BCUT2D eigenvalue weighted by atomic mass is 16.7. The van der Waals surface area contributed by atoms with Crippen LogP contribution in [0, 0.1) is 11.8 Å². The van der Waals surface area contributed by atoms with Crippen LogP contribution in [0.1, 0.15) is 51.0 Å². The van der Waals surface area contributed by atoms with E-state index in [-0.39, 0.29) is 68.7 Å². The molecule has 2 aromatic rings. The number of piperidine rings is 2. The van der Waals surface area contributed by atoms with E-state index >= 15 is 0 Å². The quantitative estimate of drug-likeness (QED) is 0.172. The number of aliphatic hydroxyl groups excluding tert-OH is 1. The van der Waals surface area contributed by atoms with Gasteiger partial charge in [0.05, 0.1) is 19.8 Å². The number of rotatable bonds is 9. The minimum Gasteiger partial charge on any atom is -0.481 e. The molecule has 0 saturated carbocycles. The van der Waals surface area contributed by atoms with Crippen LogP contribution >= 0.6 is 0 Å². The summed E-state index contributed by atoms with van der Waals surface area (Å²) in [6, 6.07) is 2.98. The van der Waals surface area contributed by atoms with E-state index in [1.807, 2.05) is 0 Å². The lowest BCUT2D eigenvalue weighted by atomic mass is 9.92. The van der Waals surface area contributed by atoms with Gasteiger partial charge in [0, 0.05) is 51.4 Å². The van der Waals surface area contributed by atoms with Crippen molar-refractivity contribution in [3.05, 3.63) is 45.5 Å². The summed E-state index contributed by atoms with van der Waals surface area (Å²) in [7, 11) is 10.3. The van der Waals surface area contributed by atoms with Gasteiger partial charge in [0.15, 0.2) is 36.6 Å². The number of ether oxygens (including phenoxy) is 5. The lowest BCUT2D eigenvalue weighted by molar-refractivity contribution is -0.160. The zero-order valence-electron chi connectivity index (χ0n) is 30.1. The predicted octanol–water partition coefficient (Wildman–Crippen LogP) is -1.22. The topological polar surface area (TPSA) is 283 Å². The van der Waals surface area contributed by atoms with Gasteiger partial charge >= 0.3 is 23.3 Å². The molecule has 4 atom stereocenters. The van der Waals surface area contributed by atoms with Gasteiger partial charge in [-0.05, 0) is 49.7 Å². The van der Waals surface area contributed by atoms with Crippen molar-refractivity contribution in [2.75, 3.05) is 64.1 Å². The number of amides is 2. The first kappa shape index (κ1) is 42.9. The lowest BCUT2D eigenvalue weighted by Gasteiger charge is -2.31. The highest BCUT2D eigenvalue weighted by Crippen LogP contribution is 2.24. The molecule has 23 heteroatoms. The van der Waals surface area contributed by atoms with Crippen LogP contribution in [0.25, 0.3) is 0 Å². The van der Waals surface area contributed by atoms with Gasteiger partial charge in [-0.3, -0.25) is 28.3 Å². The number of carbonyl (C=O) groups excluding carboxylic acids is 3. The lowest BCUT2D eigenvalue weighted by Crippen LogP contribution is -2.38.